The zero-order valence-electron chi connectivity index (χ0n) is 17.5. The molecule has 2 aliphatic rings. The SMILES string of the molecule is CCOC(=O)C(OC[C@H]1O[C@@H](n2cnc3c(N)nc(C)nc32)[C@@H]2OC(C)(C)O[C@@H]21)P=O. The summed E-state index contributed by atoms with van der Waals surface area (Å²) in [6.45, 7) is 7.09. The first-order valence-corrected chi connectivity index (χ1v) is 10.7. The fourth-order valence-electron chi connectivity index (χ4n) is 3.80. The van der Waals surface area contributed by atoms with Crippen molar-refractivity contribution in [2.45, 2.75) is 63.9 Å². The third-order valence-electron chi connectivity index (χ3n) is 4.96. The molecule has 2 fully saturated rings. The van der Waals surface area contributed by atoms with Gasteiger partial charge in [0.15, 0.2) is 31.9 Å². The number of rotatable bonds is 7. The summed E-state index contributed by atoms with van der Waals surface area (Å²) in [6, 6.07) is 0. The number of nitrogens with two attached hydrogens (primary N) is 1. The van der Waals surface area contributed by atoms with Crippen molar-refractivity contribution in [1.29, 1.82) is 0 Å². The summed E-state index contributed by atoms with van der Waals surface area (Å²) in [5.74, 6) is -2.05. The van der Waals surface area contributed by atoms with Crippen molar-refractivity contribution in [2.24, 2.45) is 0 Å². The third-order valence-corrected chi connectivity index (χ3v) is 5.51. The molecule has 0 aromatic carbocycles. The Hall–Kier alpha value is -2.24. The van der Waals surface area contributed by atoms with E-state index in [1.54, 1.807) is 38.6 Å². The summed E-state index contributed by atoms with van der Waals surface area (Å²) in [6.07, 6.45) is -0.669. The predicted molar refractivity (Wildman–Crippen MR) is 106 cm³/mol. The second-order valence-corrected chi connectivity index (χ2v) is 8.33. The summed E-state index contributed by atoms with van der Waals surface area (Å²) in [5.41, 5.74) is 6.94. The van der Waals surface area contributed by atoms with E-state index in [1.165, 1.54) is 0 Å². The Morgan fingerprint density at radius 1 is 1.35 bits per heavy atom. The topological polar surface area (TPSA) is 150 Å². The number of hydrogen-bond acceptors (Lipinski definition) is 11. The smallest absolute Gasteiger partial charge is 0.347 e. The van der Waals surface area contributed by atoms with Crippen molar-refractivity contribution < 1.29 is 33.0 Å². The van der Waals surface area contributed by atoms with Gasteiger partial charge in [-0.1, -0.05) is 0 Å². The fourth-order valence-corrected chi connectivity index (χ4v) is 4.10. The molecule has 2 aliphatic heterocycles. The summed E-state index contributed by atoms with van der Waals surface area (Å²) in [7, 11) is -0.501. The number of hydrogen-bond donors (Lipinski definition) is 1. The van der Waals surface area contributed by atoms with Crippen LogP contribution in [-0.4, -0.2) is 68.6 Å². The molecule has 5 atom stereocenters. The van der Waals surface area contributed by atoms with Crippen LogP contribution in [0.1, 0.15) is 32.8 Å². The molecule has 4 heterocycles. The van der Waals surface area contributed by atoms with Crippen LogP contribution in [-0.2, 0) is 33.0 Å². The van der Waals surface area contributed by atoms with E-state index in [0.29, 0.717) is 17.0 Å². The van der Waals surface area contributed by atoms with Crippen molar-refractivity contribution in [2.75, 3.05) is 18.9 Å². The van der Waals surface area contributed by atoms with Crippen LogP contribution in [0.5, 0.6) is 0 Å². The first-order chi connectivity index (χ1) is 14.7. The number of aryl methyl sites for hydroxylation is 1. The number of carbonyl (C=O) groups is 1. The number of anilines is 1. The van der Waals surface area contributed by atoms with Gasteiger partial charge in [0.05, 0.1) is 19.5 Å². The van der Waals surface area contributed by atoms with Gasteiger partial charge in [0.25, 0.3) is 0 Å². The van der Waals surface area contributed by atoms with Gasteiger partial charge in [-0.15, -0.1) is 0 Å². The van der Waals surface area contributed by atoms with Gasteiger partial charge in [-0.3, -0.25) is 9.13 Å². The van der Waals surface area contributed by atoms with Gasteiger partial charge < -0.3 is 29.4 Å². The lowest BCUT2D eigenvalue weighted by atomic mass is 10.1. The van der Waals surface area contributed by atoms with E-state index in [0.717, 1.165) is 0 Å². The van der Waals surface area contributed by atoms with Crippen LogP contribution in [0.4, 0.5) is 5.82 Å². The molecule has 12 nitrogen and oxygen atoms in total. The van der Waals surface area contributed by atoms with Crippen LogP contribution in [0.25, 0.3) is 11.2 Å². The maximum absolute atomic E-state index is 11.9. The normalized spacial score (nSPS) is 28.1. The number of imidazole rings is 1. The molecule has 2 N–H and O–H groups in total. The number of nitrogens with zero attached hydrogens (tertiary/aromatic N) is 4. The van der Waals surface area contributed by atoms with Gasteiger partial charge in [-0.2, -0.15) is 0 Å². The molecular weight excluding hydrogens is 429 g/mol. The quantitative estimate of drug-likeness (QED) is 0.478. The molecule has 31 heavy (non-hydrogen) atoms. The summed E-state index contributed by atoms with van der Waals surface area (Å²) in [5, 5.41) is 0. The van der Waals surface area contributed by atoms with E-state index < -0.39 is 50.6 Å². The van der Waals surface area contributed by atoms with Crippen LogP contribution in [0.3, 0.4) is 0 Å². The van der Waals surface area contributed by atoms with E-state index in [-0.39, 0.29) is 19.0 Å². The molecule has 0 saturated carbocycles. The Labute approximate surface area is 179 Å². The van der Waals surface area contributed by atoms with Gasteiger partial charge >= 0.3 is 5.97 Å². The number of nitrogen functional groups attached to an aromatic ring is 1. The van der Waals surface area contributed by atoms with E-state index in [9.17, 15) is 9.36 Å². The maximum atomic E-state index is 11.9. The van der Waals surface area contributed by atoms with E-state index >= 15 is 0 Å². The summed E-state index contributed by atoms with van der Waals surface area (Å²) in [4.78, 5) is 24.8. The lowest BCUT2D eigenvalue weighted by molar-refractivity contribution is -0.203. The van der Waals surface area contributed by atoms with E-state index in [2.05, 4.69) is 15.0 Å². The molecule has 1 unspecified atom stereocenters. The van der Waals surface area contributed by atoms with Crippen molar-refractivity contribution in [1.82, 2.24) is 19.5 Å². The van der Waals surface area contributed by atoms with Gasteiger partial charge in [-0.25, -0.2) is 19.7 Å². The molecule has 4 rings (SSSR count). The number of esters is 1. The molecule has 0 spiro atoms. The average molecular weight is 453 g/mol. The second kappa shape index (κ2) is 8.36. The zero-order valence-corrected chi connectivity index (χ0v) is 18.4. The number of carbonyl (C=O) groups excluding carboxylic acids is 1. The Kier molecular flexibility index (Phi) is 5.93. The molecule has 0 aliphatic carbocycles. The molecular formula is C18H24N5O7P. The van der Waals surface area contributed by atoms with Gasteiger partial charge in [0, 0.05) is 0 Å². The number of fused-ring (bicyclic) bond motifs is 2. The van der Waals surface area contributed by atoms with E-state index in [4.69, 9.17) is 29.4 Å². The third kappa shape index (κ3) is 4.13. The van der Waals surface area contributed by atoms with Crippen LogP contribution >= 0.6 is 8.46 Å². The Balaban J connectivity index is 1.59. The Bertz CT molecular complexity index is 999. The molecule has 2 aromatic heterocycles. The van der Waals surface area contributed by atoms with Crippen LogP contribution in [0.2, 0.25) is 0 Å². The molecule has 2 saturated heterocycles. The van der Waals surface area contributed by atoms with Crippen molar-refractivity contribution in [3.63, 3.8) is 0 Å². The summed E-state index contributed by atoms with van der Waals surface area (Å²) < 4.78 is 41.8. The lowest BCUT2D eigenvalue weighted by Crippen LogP contribution is -2.35. The Morgan fingerprint density at radius 2 is 2.10 bits per heavy atom. The summed E-state index contributed by atoms with van der Waals surface area (Å²) >= 11 is 0. The van der Waals surface area contributed by atoms with Crippen molar-refractivity contribution in [3.05, 3.63) is 12.2 Å². The monoisotopic (exact) mass is 453 g/mol. The van der Waals surface area contributed by atoms with Gasteiger partial charge in [-0.05, 0) is 27.7 Å². The molecule has 0 bridgehead atoms. The Morgan fingerprint density at radius 3 is 2.81 bits per heavy atom. The molecule has 13 heteroatoms. The zero-order chi connectivity index (χ0) is 22.3. The van der Waals surface area contributed by atoms with Crippen LogP contribution < -0.4 is 5.73 Å². The predicted octanol–water partition coefficient (Wildman–Crippen LogP) is 1.33. The lowest BCUT2D eigenvalue weighted by Gasteiger charge is -2.25. The van der Waals surface area contributed by atoms with Crippen LogP contribution in [0.15, 0.2) is 6.33 Å². The highest BCUT2D eigenvalue weighted by molar-refractivity contribution is 7.26. The minimum Gasteiger partial charge on any atom is -0.463 e. The number of ether oxygens (including phenoxy) is 5. The first kappa shape index (κ1) is 22.0. The van der Waals surface area contributed by atoms with Gasteiger partial charge in [0.1, 0.15) is 29.7 Å². The van der Waals surface area contributed by atoms with Crippen LogP contribution in [0, 0.1) is 6.92 Å². The molecule has 0 amide bonds. The molecule has 2 aromatic rings. The molecule has 0 radical (unpaired) electrons. The second-order valence-electron chi connectivity index (χ2n) is 7.65. The molecule has 168 valence electrons. The largest absolute Gasteiger partial charge is 0.463 e. The maximum Gasteiger partial charge on any atom is 0.347 e. The minimum absolute atomic E-state index is 0.0569. The average Bonchev–Trinajstić information content (AvgIpc) is 3.34. The highest BCUT2D eigenvalue weighted by atomic mass is 31.1. The van der Waals surface area contributed by atoms with Crippen molar-refractivity contribution in [3.8, 4) is 0 Å². The van der Waals surface area contributed by atoms with Crippen molar-refractivity contribution >= 4 is 31.4 Å². The number of aromatic nitrogens is 4. The fraction of sp³-hybridized carbons (Fsp3) is 0.667. The first-order valence-electron chi connectivity index (χ1n) is 9.82. The highest BCUT2D eigenvalue weighted by Gasteiger charge is 2.56. The van der Waals surface area contributed by atoms with Gasteiger partial charge in [0.2, 0.25) is 5.85 Å². The standard InChI is InChI=1S/C18H24N5O7P/c1-5-26-16(24)17(31-25)27-6-9-11-12(30-18(3,4)29-11)15(28-9)23-7-20-10-13(19)21-8(2)22-14(10)23/h7,9,11-12,15,17H,5-6H2,1-4H3,(H2,19,21,22)/t9-,11-,12-,15-,17?/m1/s1. The van der Waals surface area contributed by atoms with E-state index in [1.807, 2.05) is 0 Å². The minimum atomic E-state index is -1.25. The highest BCUT2D eigenvalue weighted by Crippen LogP contribution is 2.44.